The summed E-state index contributed by atoms with van der Waals surface area (Å²) < 4.78 is 56.6. The maximum atomic E-state index is 13.2. The number of halogens is 4. The molecule has 1 aromatic carbocycles. The first-order valence-electron chi connectivity index (χ1n) is 6.34. The number of rotatable bonds is 5. The van der Waals surface area contributed by atoms with Crippen molar-refractivity contribution in [2.75, 3.05) is 6.61 Å². The van der Waals surface area contributed by atoms with Gasteiger partial charge in [-0.15, -0.1) is 0 Å². The summed E-state index contributed by atoms with van der Waals surface area (Å²) in [5, 5.41) is 10.2. The Balaban J connectivity index is 3.20. The second-order valence-corrected chi connectivity index (χ2v) is 4.74. The first kappa shape index (κ1) is 16.9. The highest BCUT2D eigenvalue weighted by Gasteiger charge is 2.37. The molecule has 0 saturated carbocycles. The van der Waals surface area contributed by atoms with Crippen molar-refractivity contribution < 1.29 is 27.4 Å². The fraction of sp³-hybridized carbons (Fsp3) is 0.571. The van der Waals surface area contributed by atoms with Crippen LogP contribution in [0.4, 0.5) is 17.6 Å². The molecule has 1 N–H and O–H groups in total. The van der Waals surface area contributed by atoms with E-state index in [-0.39, 0.29) is 5.56 Å². The molecule has 0 saturated heterocycles. The average Bonchev–Trinajstić information content (AvgIpc) is 2.37. The van der Waals surface area contributed by atoms with Crippen LogP contribution in [-0.4, -0.2) is 17.3 Å². The fourth-order valence-electron chi connectivity index (χ4n) is 1.99. The number of benzene rings is 1. The second-order valence-electron chi connectivity index (χ2n) is 4.74. The van der Waals surface area contributed by atoms with E-state index in [2.05, 4.69) is 0 Å². The minimum atomic E-state index is -4.80. The van der Waals surface area contributed by atoms with E-state index >= 15 is 0 Å². The highest BCUT2D eigenvalue weighted by atomic mass is 19.4. The van der Waals surface area contributed by atoms with Crippen LogP contribution in [-0.2, 0) is 10.9 Å². The van der Waals surface area contributed by atoms with Crippen molar-refractivity contribution >= 4 is 0 Å². The van der Waals surface area contributed by atoms with Crippen LogP contribution >= 0.6 is 0 Å². The van der Waals surface area contributed by atoms with Gasteiger partial charge < -0.3 is 9.84 Å². The Morgan fingerprint density at radius 1 is 1.25 bits per heavy atom. The minimum absolute atomic E-state index is 0.0171. The van der Waals surface area contributed by atoms with Crippen molar-refractivity contribution in [1.29, 1.82) is 0 Å². The van der Waals surface area contributed by atoms with E-state index in [0.717, 1.165) is 6.07 Å². The predicted octanol–water partition coefficient (Wildman–Crippen LogP) is 4.08. The smallest absolute Gasteiger partial charge is 0.385 e. The Hall–Kier alpha value is -1.14. The molecule has 2 unspecified atom stereocenters. The molecule has 0 radical (unpaired) electrons. The Morgan fingerprint density at radius 2 is 1.85 bits per heavy atom. The van der Waals surface area contributed by atoms with E-state index in [4.69, 9.17) is 4.74 Å². The summed E-state index contributed by atoms with van der Waals surface area (Å²) in [7, 11) is 0. The van der Waals surface area contributed by atoms with Crippen LogP contribution in [0.1, 0.15) is 44.4 Å². The van der Waals surface area contributed by atoms with Gasteiger partial charge in [0.15, 0.2) is 0 Å². The molecule has 6 heteroatoms. The van der Waals surface area contributed by atoms with Crippen molar-refractivity contribution in [3.63, 3.8) is 0 Å². The molecule has 2 nitrogen and oxygen atoms in total. The molecule has 20 heavy (non-hydrogen) atoms. The number of aliphatic hydroxyl groups is 1. The summed E-state index contributed by atoms with van der Waals surface area (Å²) in [6, 6.07) is 2.48. The lowest BCUT2D eigenvalue weighted by Crippen LogP contribution is -2.35. The SMILES string of the molecule is CCOC(C)(CC)C(O)c1ccc(F)c(C(F)(F)F)c1. The molecule has 114 valence electrons. The van der Waals surface area contributed by atoms with Gasteiger partial charge in [0.05, 0.1) is 11.2 Å². The molecular formula is C14H18F4O2. The van der Waals surface area contributed by atoms with Gasteiger partial charge in [-0.1, -0.05) is 13.0 Å². The van der Waals surface area contributed by atoms with Gasteiger partial charge in [0.1, 0.15) is 11.9 Å². The van der Waals surface area contributed by atoms with Gasteiger partial charge in [0.25, 0.3) is 0 Å². The van der Waals surface area contributed by atoms with Gasteiger partial charge >= 0.3 is 6.18 Å². The summed E-state index contributed by atoms with van der Waals surface area (Å²) in [5.41, 5.74) is -2.42. The van der Waals surface area contributed by atoms with Gasteiger partial charge in [0.2, 0.25) is 0 Å². The minimum Gasteiger partial charge on any atom is -0.385 e. The number of hydrogen-bond acceptors (Lipinski definition) is 2. The van der Waals surface area contributed by atoms with Crippen molar-refractivity contribution in [1.82, 2.24) is 0 Å². The average molecular weight is 294 g/mol. The van der Waals surface area contributed by atoms with E-state index in [0.29, 0.717) is 25.2 Å². The molecule has 0 fully saturated rings. The molecule has 0 aliphatic rings. The maximum Gasteiger partial charge on any atom is 0.419 e. The molecule has 0 aliphatic carbocycles. The van der Waals surface area contributed by atoms with E-state index < -0.39 is 29.3 Å². The van der Waals surface area contributed by atoms with Gasteiger partial charge in [-0.05, 0) is 38.0 Å². The van der Waals surface area contributed by atoms with Crippen LogP contribution in [0.2, 0.25) is 0 Å². The van der Waals surface area contributed by atoms with Crippen molar-refractivity contribution in [2.24, 2.45) is 0 Å². The van der Waals surface area contributed by atoms with Gasteiger partial charge in [0, 0.05) is 6.61 Å². The summed E-state index contributed by atoms with van der Waals surface area (Å²) in [6.45, 7) is 5.41. The Bertz CT molecular complexity index is 459. The molecule has 0 aliphatic heterocycles. The molecule has 0 aromatic heterocycles. The zero-order valence-electron chi connectivity index (χ0n) is 11.6. The zero-order valence-corrected chi connectivity index (χ0v) is 11.6. The van der Waals surface area contributed by atoms with Crippen LogP contribution in [0.5, 0.6) is 0 Å². The van der Waals surface area contributed by atoms with Crippen LogP contribution in [0.15, 0.2) is 18.2 Å². The van der Waals surface area contributed by atoms with Crippen LogP contribution in [0.3, 0.4) is 0 Å². The Kier molecular flexibility index (Phi) is 5.15. The highest BCUT2D eigenvalue weighted by molar-refractivity contribution is 5.30. The number of hydrogen-bond donors (Lipinski definition) is 1. The van der Waals surface area contributed by atoms with Gasteiger partial charge in [-0.25, -0.2) is 4.39 Å². The first-order valence-corrected chi connectivity index (χ1v) is 6.34. The molecule has 0 amide bonds. The number of ether oxygens (including phenoxy) is 1. The number of aliphatic hydroxyl groups excluding tert-OH is 1. The highest BCUT2D eigenvalue weighted by Crippen LogP contribution is 2.37. The van der Waals surface area contributed by atoms with Crippen LogP contribution in [0.25, 0.3) is 0 Å². The normalized spacial score (nSPS) is 16.8. The van der Waals surface area contributed by atoms with Gasteiger partial charge in [-0.2, -0.15) is 13.2 Å². The van der Waals surface area contributed by atoms with Crippen molar-refractivity contribution in [3.8, 4) is 0 Å². The van der Waals surface area contributed by atoms with E-state index in [1.807, 2.05) is 0 Å². The van der Waals surface area contributed by atoms with Gasteiger partial charge in [-0.3, -0.25) is 0 Å². The summed E-state index contributed by atoms with van der Waals surface area (Å²) in [6.07, 6.45) is -5.66. The molecule has 1 aromatic rings. The van der Waals surface area contributed by atoms with E-state index in [9.17, 15) is 22.7 Å². The third-order valence-corrected chi connectivity index (χ3v) is 3.37. The lowest BCUT2D eigenvalue weighted by molar-refractivity contribution is -0.140. The molecule has 2 atom stereocenters. The lowest BCUT2D eigenvalue weighted by atomic mass is 9.89. The topological polar surface area (TPSA) is 29.5 Å². The molecule has 0 heterocycles. The van der Waals surface area contributed by atoms with Crippen molar-refractivity contribution in [3.05, 3.63) is 35.1 Å². The maximum absolute atomic E-state index is 13.2. The van der Waals surface area contributed by atoms with E-state index in [1.165, 1.54) is 0 Å². The van der Waals surface area contributed by atoms with Crippen LogP contribution in [0, 0.1) is 5.82 Å². The van der Waals surface area contributed by atoms with Crippen LogP contribution < -0.4 is 0 Å². The molecule has 0 bridgehead atoms. The third kappa shape index (κ3) is 3.49. The standard InChI is InChI=1S/C14H18F4O2/c1-4-13(3,20-5-2)12(19)9-6-7-11(15)10(8-9)14(16,17)18/h6-8,12,19H,4-5H2,1-3H3. The quantitative estimate of drug-likeness (QED) is 0.829. The van der Waals surface area contributed by atoms with E-state index in [1.54, 1.807) is 20.8 Å². The lowest BCUT2D eigenvalue weighted by Gasteiger charge is -2.33. The monoisotopic (exact) mass is 294 g/mol. The zero-order chi connectivity index (χ0) is 15.6. The molecule has 1 rings (SSSR count). The number of alkyl halides is 3. The first-order chi connectivity index (χ1) is 9.15. The third-order valence-electron chi connectivity index (χ3n) is 3.37. The largest absolute Gasteiger partial charge is 0.419 e. The Morgan fingerprint density at radius 3 is 2.30 bits per heavy atom. The second kappa shape index (κ2) is 6.10. The molecular weight excluding hydrogens is 276 g/mol. The Labute approximate surface area is 115 Å². The summed E-state index contributed by atoms with van der Waals surface area (Å²) >= 11 is 0. The summed E-state index contributed by atoms with van der Waals surface area (Å²) in [5.74, 6) is -1.36. The fourth-order valence-corrected chi connectivity index (χ4v) is 1.99. The van der Waals surface area contributed by atoms with Crippen molar-refractivity contribution in [2.45, 2.75) is 45.1 Å². The predicted molar refractivity (Wildman–Crippen MR) is 66.7 cm³/mol. The molecule has 0 spiro atoms. The summed E-state index contributed by atoms with van der Waals surface area (Å²) in [4.78, 5) is 0.